The lowest BCUT2D eigenvalue weighted by Gasteiger charge is -2.44. The number of ether oxygens (including phenoxy) is 1. The molecule has 3 aliphatic heterocycles. The van der Waals surface area contributed by atoms with Gasteiger partial charge in [0.05, 0.1) is 18.2 Å². The molecule has 1 aromatic carbocycles. The highest BCUT2D eigenvalue weighted by Gasteiger charge is 2.57. The summed E-state index contributed by atoms with van der Waals surface area (Å²) < 4.78 is 19.3. The molecule has 1 aromatic rings. The summed E-state index contributed by atoms with van der Waals surface area (Å²) in [5.41, 5.74) is 0.241. The van der Waals surface area contributed by atoms with Crippen molar-refractivity contribution in [1.82, 2.24) is 20.0 Å². The molecule has 5 fully saturated rings. The molecule has 0 aromatic heterocycles. The van der Waals surface area contributed by atoms with Crippen molar-refractivity contribution in [3.05, 3.63) is 35.6 Å². The average Bonchev–Trinajstić information content (AvgIpc) is 3.27. The predicted octanol–water partition coefficient (Wildman–Crippen LogP) is 4.14. The number of piperazine rings is 1. The maximum Gasteiger partial charge on any atom is 0.408 e. The van der Waals surface area contributed by atoms with Crippen molar-refractivity contribution in [3.63, 3.8) is 0 Å². The van der Waals surface area contributed by atoms with E-state index in [1.54, 1.807) is 25.7 Å². The Morgan fingerprint density at radius 2 is 1.83 bits per heavy atom. The lowest BCUT2D eigenvalue weighted by atomic mass is 9.80. The minimum absolute atomic E-state index is 0.0248. The van der Waals surface area contributed by atoms with E-state index in [4.69, 9.17) is 4.74 Å². The summed E-state index contributed by atoms with van der Waals surface area (Å²) in [6.07, 6.45) is 7.07. The summed E-state index contributed by atoms with van der Waals surface area (Å²) in [7, 11) is 0. The number of nitriles is 1. The molecule has 9 nitrogen and oxygen atoms in total. The summed E-state index contributed by atoms with van der Waals surface area (Å²) in [5, 5.41) is 12.5. The Morgan fingerprint density at radius 1 is 1.12 bits per heavy atom. The molecule has 6 rings (SSSR count). The van der Waals surface area contributed by atoms with E-state index in [1.165, 1.54) is 18.6 Å². The molecular weight excluding hydrogens is 537 g/mol. The van der Waals surface area contributed by atoms with Crippen molar-refractivity contribution >= 4 is 17.9 Å². The Kier molecular flexibility index (Phi) is 7.67. The van der Waals surface area contributed by atoms with Crippen LogP contribution in [-0.2, 0) is 14.3 Å². The summed E-state index contributed by atoms with van der Waals surface area (Å²) in [5.74, 6) is 0.142. The van der Waals surface area contributed by atoms with Gasteiger partial charge in [0, 0.05) is 25.2 Å². The van der Waals surface area contributed by atoms with Gasteiger partial charge in [-0.15, -0.1) is 0 Å². The first-order chi connectivity index (χ1) is 20.0. The first-order valence-corrected chi connectivity index (χ1v) is 15.6. The fourth-order valence-corrected chi connectivity index (χ4v) is 7.96. The third kappa shape index (κ3) is 5.60. The predicted molar refractivity (Wildman–Crippen MR) is 152 cm³/mol. The summed E-state index contributed by atoms with van der Waals surface area (Å²) in [6.45, 7) is 6.06. The van der Waals surface area contributed by atoms with Crippen LogP contribution < -0.4 is 5.32 Å². The Morgan fingerprint density at radius 3 is 2.48 bits per heavy atom. The topological polar surface area (TPSA) is 106 Å². The van der Waals surface area contributed by atoms with Gasteiger partial charge < -0.3 is 19.9 Å². The minimum atomic E-state index is -0.929. The smallest absolute Gasteiger partial charge is 0.408 e. The SMILES string of the molecule is CC(C)(C)OC(=O)N[C@@H](CN1C[C@H]2C[C@@H]1C(=O)N2[C@@H](c1ccc(F)cc1)C1CCCCC1)C(=O)N1[C@H](C#N)C[C@@H]2C[C@@H]21. The van der Waals surface area contributed by atoms with Crippen molar-refractivity contribution < 1.29 is 23.5 Å². The van der Waals surface area contributed by atoms with E-state index < -0.39 is 29.8 Å². The van der Waals surface area contributed by atoms with Crippen LogP contribution >= 0.6 is 0 Å². The lowest BCUT2D eigenvalue weighted by molar-refractivity contribution is -0.143. The maximum absolute atomic E-state index is 14.0. The van der Waals surface area contributed by atoms with Crippen molar-refractivity contribution in [2.45, 2.75) is 114 Å². The molecule has 5 aliphatic rings. The fourth-order valence-electron chi connectivity index (χ4n) is 7.96. The lowest BCUT2D eigenvalue weighted by Crippen LogP contribution is -2.59. The van der Waals surface area contributed by atoms with Gasteiger partial charge in [-0.2, -0.15) is 5.26 Å². The third-order valence-electron chi connectivity index (χ3n) is 9.84. The Hall–Kier alpha value is -3.19. The van der Waals surface area contributed by atoms with Crippen LogP contribution in [0.2, 0.25) is 0 Å². The van der Waals surface area contributed by atoms with Crippen LogP contribution in [0.5, 0.6) is 0 Å². The highest BCUT2D eigenvalue weighted by Crippen LogP contribution is 2.48. The molecular formula is C32H42FN5O4. The highest BCUT2D eigenvalue weighted by molar-refractivity contribution is 5.89. The first kappa shape index (κ1) is 28.9. The summed E-state index contributed by atoms with van der Waals surface area (Å²) >= 11 is 0. The second-order valence-corrected chi connectivity index (χ2v) is 13.9. The van der Waals surface area contributed by atoms with E-state index >= 15 is 0 Å². The number of carbonyl (C=O) groups is 3. The number of piperidine rings is 1. The van der Waals surface area contributed by atoms with Gasteiger partial charge in [-0.1, -0.05) is 31.4 Å². The second kappa shape index (κ2) is 11.1. The van der Waals surface area contributed by atoms with Crippen LogP contribution in [0.3, 0.4) is 0 Å². The number of carbonyl (C=O) groups excluding carboxylic acids is 3. The van der Waals surface area contributed by atoms with E-state index in [9.17, 15) is 24.0 Å². The van der Waals surface area contributed by atoms with Crippen molar-refractivity contribution in [2.75, 3.05) is 13.1 Å². The third-order valence-corrected chi connectivity index (χ3v) is 9.84. The second-order valence-electron chi connectivity index (χ2n) is 13.9. The molecule has 226 valence electrons. The van der Waals surface area contributed by atoms with Gasteiger partial charge in [0.2, 0.25) is 11.8 Å². The van der Waals surface area contributed by atoms with Crippen LogP contribution in [0.25, 0.3) is 0 Å². The highest BCUT2D eigenvalue weighted by atomic mass is 19.1. The van der Waals surface area contributed by atoms with E-state index in [2.05, 4.69) is 11.4 Å². The molecule has 42 heavy (non-hydrogen) atoms. The van der Waals surface area contributed by atoms with Crippen molar-refractivity contribution in [3.8, 4) is 6.07 Å². The number of benzene rings is 1. The van der Waals surface area contributed by atoms with Gasteiger partial charge in [0.15, 0.2) is 0 Å². The van der Waals surface area contributed by atoms with Crippen LogP contribution in [0.1, 0.15) is 83.7 Å². The fraction of sp³-hybridized carbons (Fsp3) is 0.688. The number of nitrogens with zero attached hydrogens (tertiary/aromatic N) is 4. The number of rotatable bonds is 7. The van der Waals surface area contributed by atoms with Gasteiger partial charge >= 0.3 is 6.09 Å². The average molecular weight is 580 g/mol. The largest absolute Gasteiger partial charge is 0.444 e. The van der Waals surface area contributed by atoms with Gasteiger partial charge in [-0.25, -0.2) is 9.18 Å². The molecule has 2 aliphatic carbocycles. The van der Waals surface area contributed by atoms with Gasteiger partial charge in [-0.3, -0.25) is 14.5 Å². The molecule has 3 amide bonds. The maximum atomic E-state index is 14.0. The number of amides is 3. The van der Waals surface area contributed by atoms with Crippen molar-refractivity contribution in [2.24, 2.45) is 11.8 Å². The van der Waals surface area contributed by atoms with Crippen molar-refractivity contribution in [1.29, 1.82) is 5.26 Å². The zero-order valence-electron chi connectivity index (χ0n) is 24.8. The van der Waals surface area contributed by atoms with Crippen LogP contribution in [-0.4, -0.2) is 81.5 Å². The van der Waals surface area contributed by atoms with E-state index in [-0.39, 0.29) is 42.3 Å². The number of fused-ring (bicyclic) bond motifs is 3. The molecule has 1 N–H and O–H groups in total. The monoisotopic (exact) mass is 579 g/mol. The minimum Gasteiger partial charge on any atom is -0.444 e. The van der Waals surface area contributed by atoms with E-state index in [1.807, 2.05) is 21.9 Å². The zero-order chi connectivity index (χ0) is 29.8. The van der Waals surface area contributed by atoms with Crippen LogP contribution in [0, 0.1) is 29.0 Å². The number of hydrogen-bond acceptors (Lipinski definition) is 6. The number of hydrogen-bond donors (Lipinski definition) is 1. The number of likely N-dealkylation sites (tertiary alicyclic amines) is 3. The molecule has 3 heterocycles. The number of halogens is 1. The Bertz CT molecular complexity index is 1250. The molecule has 0 unspecified atom stereocenters. The van der Waals surface area contributed by atoms with Gasteiger partial charge in [0.1, 0.15) is 23.5 Å². The molecule has 2 bridgehead atoms. The first-order valence-electron chi connectivity index (χ1n) is 15.6. The Labute approximate surface area is 247 Å². The molecule has 2 saturated carbocycles. The standard InChI is InChI=1S/C32H42FN5O4/c1-32(2,3)42-31(41)35-25(29(39)37-23(16-34)13-21-14-26(21)37)18-36-17-24-15-27(36)30(40)38(24)28(19-7-5-4-6-8-19)20-9-11-22(33)12-10-20/h9-12,19,21,23-28H,4-8,13-15,17-18H2,1-3H3,(H,35,41)/t21-,23+,24-,25+,26+,27-,28-/m1/s1. The number of nitrogens with one attached hydrogen (secondary N) is 1. The number of alkyl carbamates (subject to hydrolysis) is 1. The molecule has 0 radical (unpaired) electrons. The Balaban J connectivity index is 1.21. The zero-order valence-corrected chi connectivity index (χ0v) is 24.8. The van der Waals surface area contributed by atoms with E-state index in [0.29, 0.717) is 31.2 Å². The van der Waals surface area contributed by atoms with Crippen LogP contribution in [0.4, 0.5) is 9.18 Å². The quantitative estimate of drug-likeness (QED) is 0.521. The molecule has 0 spiro atoms. The van der Waals surface area contributed by atoms with Gasteiger partial charge in [-0.05, 0) is 82.4 Å². The summed E-state index contributed by atoms with van der Waals surface area (Å²) in [6, 6.07) is 6.96. The van der Waals surface area contributed by atoms with Crippen LogP contribution in [0.15, 0.2) is 24.3 Å². The molecule has 3 saturated heterocycles. The molecule has 10 heteroatoms. The summed E-state index contributed by atoms with van der Waals surface area (Å²) in [4.78, 5) is 46.5. The van der Waals surface area contributed by atoms with E-state index in [0.717, 1.165) is 37.7 Å². The normalized spacial score (nSPS) is 30.5. The molecule has 7 atom stereocenters. The van der Waals surface area contributed by atoms with Gasteiger partial charge in [0.25, 0.3) is 0 Å².